The van der Waals surface area contributed by atoms with Crippen LogP contribution in [0.3, 0.4) is 0 Å². The molecule has 2 aliphatic heterocycles. The number of nitrogens with one attached hydrogen (secondary N) is 2. The van der Waals surface area contributed by atoms with Gasteiger partial charge in [-0.25, -0.2) is 0 Å². The van der Waals surface area contributed by atoms with Crippen molar-refractivity contribution < 1.29 is 9.59 Å². The minimum Gasteiger partial charge on any atom is -0.344 e. The molecule has 0 aliphatic carbocycles. The van der Waals surface area contributed by atoms with Gasteiger partial charge in [0.25, 0.3) is 0 Å². The smallest absolute Gasteiger partial charge is 0.245 e. The van der Waals surface area contributed by atoms with Gasteiger partial charge in [0, 0.05) is 26.2 Å². The predicted octanol–water partition coefficient (Wildman–Crippen LogP) is 0.738. The number of rotatable bonds is 9. The van der Waals surface area contributed by atoms with Gasteiger partial charge in [-0.2, -0.15) is 5.26 Å². The second-order valence-electron chi connectivity index (χ2n) is 7.89. The van der Waals surface area contributed by atoms with Crippen LogP contribution in [0, 0.1) is 11.5 Å². The quantitative estimate of drug-likeness (QED) is 0.188. The van der Waals surface area contributed by atoms with E-state index in [9.17, 15) is 9.59 Å². The number of guanidine groups is 1. The topological polar surface area (TPSA) is 104 Å². The van der Waals surface area contributed by atoms with Crippen molar-refractivity contribution >= 4 is 17.8 Å². The van der Waals surface area contributed by atoms with Crippen LogP contribution in [0.1, 0.15) is 52.4 Å². The van der Waals surface area contributed by atoms with Crippen LogP contribution in [0.2, 0.25) is 0 Å². The molecule has 2 fully saturated rings. The maximum Gasteiger partial charge on any atom is 0.245 e. The van der Waals surface area contributed by atoms with Crippen molar-refractivity contribution in [3.05, 3.63) is 0 Å². The Labute approximate surface area is 180 Å². The third-order valence-electron chi connectivity index (χ3n) is 5.85. The highest BCUT2D eigenvalue weighted by atomic mass is 16.2. The van der Waals surface area contributed by atoms with Gasteiger partial charge in [-0.3, -0.25) is 19.9 Å². The number of hydrogen-bond acceptors (Lipinski definition) is 5. The fourth-order valence-corrected chi connectivity index (χ4v) is 3.99. The number of nitrogens with zero attached hydrogens (tertiary/aromatic N) is 5. The molecular formula is C21H37N7O2. The molecule has 0 radical (unpaired) electrons. The van der Waals surface area contributed by atoms with Gasteiger partial charge in [0.15, 0.2) is 6.19 Å². The van der Waals surface area contributed by atoms with E-state index >= 15 is 0 Å². The second-order valence-corrected chi connectivity index (χ2v) is 7.89. The number of nitriles is 1. The molecule has 2 aliphatic rings. The van der Waals surface area contributed by atoms with Gasteiger partial charge >= 0.3 is 0 Å². The number of carbonyl (C=O) groups excluding carboxylic acids is 2. The zero-order valence-corrected chi connectivity index (χ0v) is 18.5. The molecule has 0 aromatic heterocycles. The van der Waals surface area contributed by atoms with Crippen molar-refractivity contribution in [3.63, 3.8) is 0 Å². The third-order valence-corrected chi connectivity index (χ3v) is 5.85. The first-order chi connectivity index (χ1) is 14.6. The Balaban J connectivity index is 1.93. The fraction of sp³-hybridized carbons (Fsp3) is 0.810. The maximum absolute atomic E-state index is 13.1. The molecule has 0 aromatic carbocycles. The van der Waals surface area contributed by atoms with Crippen molar-refractivity contribution in [1.29, 1.82) is 5.26 Å². The molecule has 1 atom stereocenters. The molecule has 2 heterocycles. The van der Waals surface area contributed by atoms with Crippen LogP contribution in [0.25, 0.3) is 0 Å². The van der Waals surface area contributed by atoms with Crippen molar-refractivity contribution in [1.82, 2.24) is 25.3 Å². The minimum absolute atomic E-state index is 0.0296. The molecule has 0 aromatic rings. The molecule has 9 heteroatoms. The first kappa shape index (κ1) is 23.9. The standard InChI is InChI=1S/C21H37N7O2/c1-3-26(4-2)12-9-11-23-21(24-17-22)25-18-10-5-6-15-28(20(18)30)16-19(29)27-13-7-8-14-27/h18H,3-16H2,1-2H3,(H2,23,24,25). The van der Waals surface area contributed by atoms with Gasteiger partial charge in [-0.1, -0.05) is 13.8 Å². The SMILES string of the molecule is CCN(CC)CCCN=C(NC#N)NC1CCCCN(CC(=O)N2CCCC2)C1=O. The average molecular weight is 420 g/mol. The molecule has 1 unspecified atom stereocenters. The first-order valence-corrected chi connectivity index (χ1v) is 11.3. The Bertz CT molecular complexity index is 621. The highest BCUT2D eigenvalue weighted by molar-refractivity contribution is 5.92. The summed E-state index contributed by atoms with van der Waals surface area (Å²) in [6.07, 6.45) is 7.29. The zero-order chi connectivity index (χ0) is 21.8. The Morgan fingerprint density at radius 2 is 1.90 bits per heavy atom. The summed E-state index contributed by atoms with van der Waals surface area (Å²) >= 11 is 0. The van der Waals surface area contributed by atoms with E-state index in [-0.39, 0.29) is 18.4 Å². The lowest BCUT2D eigenvalue weighted by Gasteiger charge is -2.27. The van der Waals surface area contributed by atoms with E-state index in [0.29, 0.717) is 25.5 Å². The van der Waals surface area contributed by atoms with Gasteiger partial charge in [0.2, 0.25) is 17.8 Å². The number of amides is 2. The van der Waals surface area contributed by atoms with Gasteiger partial charge in [0.05, 0.1) is 6.54 Å². The zero-order valence-electron chi connectivity index (χ0n) is 18.5. The summed E-state index contributed by atoms with van der Waals surface area (Å²) in [7, 11) is 0. The minimum atomic E-state index is -0.471. The summed E-state index contributed by atoms with van der Waals surface area (Å²) in [4.78, 5) is 35.9. The van der Waals surface area contributed by atoms with Crippen molar-refractivity contribution in [2.75, 3.05) is 52.4 Å². The van der Waals surface area contributed by atoms with Crippen molar-refractivity contribution in [2.45, 2.75) is 58.4 Å². The molecule has 2 N–H and O–H groups in total. The summed E-state index contributed by atoms with van der Waals surface area (Å²) in [5.74, 6) is 0.278. The second kappa shape index (κ2) is 13.1. The van der Waals surface area contributed by atoms with Gasteiger partial charge in [0.1, 0.15) is 6.04 Å². The number of hydrogen-bond donors (Lipinski definition) is 2. The molecule has 2 saturated heterocycles. The van der Waals surface area contributed by atoms with E-state index in [1.54, 1.807) is 4.90 Å². The van der Waals surface area contributed by atoms with E-state index < -0.39 is 6.04 Å². The predicted molar refractivity (Wildman–Crippen MR) is 117 cm³/mol. The lowest BCUT2D eigenvalue weighted by molar-refractivity contribution is -0.140. The monoisotopic (exact) mass is 419 g/mol. The normalized spacial score (nSPS) is 20.3. The van der Waals surface area contributed by atoms with Crippen LogP contribution in [-0.2, 0) is 9.59 Å². The lowest BCUT2D eigenvalue weighted by atomic mass is 10.1. The third kappa shape index (κ3) is 7.48. The Morgan fingerprint density at radius 3 is 2.57 bits per heavy atom. The Kier molecular flexibility index (Phi) is 10.4. The summed E-state index contributed by atoms with van der Waals surface area (Å²) in [5.41, 5.74) is 0. The fourth-order valence-electron chi connectivity index (χ4n) is 3.99. The largest absolute Gasteiger partial charge is 0.344 e. The molecule has 168 valence electrons. The number of aliphatic imine (C=N–C) groups is 1. The van der Waals surface area contributed by atoms with Crippen molar-refractivity contribution in [2.24, 2.45) is 4.99 Å². The molecule has 0 saturated carbocycles. The van der Waals surface area contributed by atoms with Crippen LogP contribution in [0.4, 0.5) is 0 Å². The number of carbonyl (C=O) groups is 2. The summed E-state index contributed by atoms with van der Waals surface area (Å²) < 4.78 is 0. The molecule has 0 spiro atoms. The van der Waals surface area contributed by atoms with Gasteiger partial charge in [-0.05, 0) is 58.2 Å². The van der Waals surface area contributed by atoms with Crippen LogP contribution >= 0.6 is 0 Å². The van der Waals surface area contributed by atoms with E-state index in [1.165, 1.54) is 0 Å². The summed E-state index contributed by atoms with van der Waals surface area (Å²) in [6, 6.07) is -0.471. The van der Waals surface area contributed by atoms with Crippen molar-refractivity contribution in [3.8, 4) is 6.19 Å². The Hall–Kier alpha value is -2.34. The first-order valence-electron chi connectivity index (χ1n) is 11.3. The average Bonchev–Trinajstić information content (AvgIpc) is 3.24. The van der Waals surface area contributed by atoms with E-state index in [2.05, 4.69) is 34.4 Å². The molecule has 9 nitrogen and oxygen atoms in total. The molecular weight excluding hydrogens is 382 g/mol. The van der Waals surface area contributed by atoms with Crippen LogP contribution in [-0.4, -0.2) is 90.9 Å². The van der Waals surface area contributed by atoms with Crippen LogP contribution < -0.4 is 10.6 Å². The molecule has 2 amide bonds. The van der Waals surface area contributed by atoms with E-state index in [0.717, 1.165) is 64.8 Å². The van der Waals surface area contributed by atoms with E-state index in [1.807, 2.05) is 11.1 Å². The van der Waals surface area contributed by atoms with E-state index in [4.69, 9.17) is 5.26 Å². The molecule has 2 rings (SSSR count). The highest BCUT2D eigenvalue weighted by Gasteiger charge is 2.30. The van der Waals surface area contributed by atoms with Crippen LogP contribution in [0.15, 0.2) is 4.99 Å². The Morgan fingerprint density at radius 1 is 1.20 bits per heavy atom. The lowest BCUT2D eigenvalue weighted by Crippen LogP contribution is -2.52. The molecule has 30 heavy (non-hydrogen) atoms. The summed E-state index contributed by atoms with van der Waals surface area (Å²) in [6.45, 7) is 10.1. The maximum atomic E-state index is 13.1. The molecule has 0 bridgehead atoms. The highest BCUT2D eigenvalue weighted by Crippen LogP contribution is 2.14. The summed E-state index contributed by atoms with van der Waals surface area (Å²) in [5, 5.41) is 14.8. The van der Waals surface area contributed by atoms with Gasteiger partial charge < -0.3 is 20.0 Å². The number of likely N-dealkylation sites (tertiary alicyclic amines) is 2. The van der Waals surface area contributed by atoms with Crippen LogP contribution in [0.5, 0.6) is 0 Å². The van der Waals surface area contributed by atoms with Gasteiger partial charge in [-0.15, -0.1) is 0 Å².